The van der Waals surface area contributed by atoms with E-state index < -0.39 is 0 Å². The van der Waals surface area contributed by atoms with Crippen LogP contribution in [0.3, 0.4) is 0 Å². The summed E-state index contributed by atoms with van der Waals surface area (Å²) < 4.78 is 3.29. The zero-order chi connectivity index (χ0) is 18.3. The van der Waals surface area contributed by atoms with Crippen molar-refractivity contribution in [3.8, 4) is 0 Å². The number of aryl methyl sites for hydroxylation is 1. The topological polar surface area (TPSA) is 101 Å². The third-order valence-corrected chi connectivity index (χ3v) is 4.20. The predicted octanol–water partition coefficient (Wildman–Crippen LogP) is 0.967. The third kappa shape index (κ3) is 2.51. The standard InChI is InChI=1S/C16H16N8OS/c1-3-17-15(26)21-20-14(25)12-9(2)19-16-23-8-18-11-7-5-4-6-10(11)13(23)22-24(12)16/h4-8H,3H2,1-2H3,(H,20,25)(H2,17,21,26). The van der Waals surface area contributed by atoms with Crippen LogP contribution >= 0.6 is 12.2 Å². The Morgan fingerprint density at radius 2 is 2.08 bits per heavy atom. The molecule has 0 saturated carbocycles. The van der Waals surface area contributed by atoms with E-state index >= 15 is 0 Å². The second-order valence-electron chi connectivity index (χ2n) is 5.65. The predicted molar refractivity (Wildman–Crippen MR) is 101 cm³/mol. The van der Waals surface area contributed by atoms with E-state index in [9.17, 15) is 4.79 Å². The first-order valence-electron chi connectivity index (χ1n) is 8.05. The number of hydrazine groups is 1. The fraction of sp³-hybridized carbons (Fsp3) is 0.188. The molecular formula is C16H16N8OS. The number of rotatable bonds is 2. The number of para-hydroxylation sites is 1. The number of nitrogens with one attached hydrogen (secondary N) is 3. The number of carbonyl (C=O) groups is 1. The van der Waals surface area contributed by atoms with E-state index in [1.54, 1.807) is 17.7 Å². The van der Waals surface area contributed by atoms with Crippen molar-refractivity contribution in [3.05, 3.63) is 42.0 Å². The lowest BCUT2D eigenvalue weighted by Gasteiger charge is -2.09. The largest absolute Gasteiger partial charge is 0.362 e. The summed E-state index contributed by atoms with van der Waals surface area (Å²) in [6.45, 7) is 4.33. The number of amides is 1. The Labute approximate surface area is 153 Å². The van der Waals surface area contributed by atoms with E-state index in [1.165, 1.54) is 4.52 Å². The Kier molecular flexibility index (Phi) is 3.88. The molecule has 4 aromatic rings. The number of carbonyl (C=O) groups excluding carboxylic acids is 1. The zero-order valence-corrected chi connectivity index (χ0v) is 15.0. The molecule has 0 unspecified atom stereocenters. The molecule has 0 aliphatic rings. The highest BCUT2D eigenvalue weighted by Crippen LogP contribution is 2.20. The molecule has 3 aromatic heterocycles. The fourth-order valence-electron chi connectivity index (χ4n) is 2.82. The molecule has 0 spiro atoms. The zero-order valence-electron chi connectivity index (χ0n) is 14.1. The van der Waals surface area contributed by atoms with Crippen molar-refractivity contribution in [2.24, 2.45) is 0 Å². The van der Waals surface area contributed by atoms with Crippen molar-refractivity contribution in [2.45, 2.75) is 13.8 Å². The van der Waals surface area contributed by atoms with Crippen molar-refractivity contribution in [3.63, 3.8) is 0 Å². The van der Waals surface area contributed by atoms with Gasteiger partial charge in [0.1, 0.15) is 6.33 Å². The van der Waals surface area contributed by atoms with E-state index in [0.717, 1.165) is 10.9 Å². The second kappa shape index (κ2) is 6.23. The van der Waals surface area contributed by atoms with E-state index in [4.69, 9.17) is 12.2 Å². The molecule has 9 nitrogen and oxygen atoms in total. The highest BCUT2D eigenvalue weighted by Gasteiger charge is 2.21. The maximum Gasteiger partial charge on any atom is 0.290 e. The molecule has 3 heterocycles. The van der Waals surface area contributed by atoms with Crippen LogP contribution in [0.25, 0.3) is 22.3 Å². The average molecular weight is 368 g/mol. The normalized spacial score (nSPS) is 11.2. The Bertz CT molecular complexity index is 1160. The minimum absolute atomic E-state index is 0.333. The van der Waals surface area contributed by atoms with Gasteiger partial charge in [-0.3, -0.25) is 20.0 Å². The molecule has 1 aromatic carbocycles. The minimum Gasteiger partial charge on any atom is -0.362 e. The van der Waals surface area contributed by atoms with E-state index in [2.05, 4.69) is 31.2 Å². The van der Waals surface area contributed by atoms with Crippen molar-refractivity contribution in [1.29, 1.82) is 0 Å². The van der Waals surface area contributed by atoms with Crippen LogP contribution in [0.1, 0.15) is 23.1 Å². The van der Waals surface area contributed by atoms with Crippen LogP contribution in [-0.4, -0.2) is 41.5 Å². The van der Waals surface area contributed by atoms with Crippen molar-refractivity contribution in [2.75, 3.05) is 6.54 Å². The van der Waals surface area contributed by atoms with Gasteiger partial charge in [-0.05, 0) is 38.2 Å². The first-order chi connectivity index (χ1) is 12.6. The molecular weight excluding hydrogens is 352 g/mol. The number of hydrogen-bond acceptors (Lipinski definition) is 5. The van der Waals surface area contributed by atoms with E-state index in [-0.39, 0.29) is 5.91 Å². The molecule has 10 heteroatoms. The Hall–Kier alpha value is -3.27. The lowest BCUT2D eigenvalue weighted by atomic mass is 10.2. The monoisotopic (exact) mass is 368 g/mol. The molecule has 132 valence electrons. The van der Waals surface area contributed by atoms with Crippen LogP contribution < -0.4 is 16.2 Å². The lowest BCUT2D eigenvalue weighted by Crippen LogP contribution is -2.47. The van der Waals surface area contributed by atoms with Crippen LogP contribution in [0, 0.1) is 6.92 Å². The van der Waals surface area contributed by atoms with Crippen LogP contribution in [0.2, 0.25) is 0 Å². The summed E-state index contributed by atoms with van der Waals surface area (Å²) in [6, 6.07) is 7.69. The molecule has 0 fully saturated rings. The van der Waals surface area contributed by atoms with Gasteiger partial charge in [-0.2, -0.15) is 4.52 Å². The van der Waals surface area contributed by atoms with Gasteiger partial charge >= 0.3 is 0 Å². The summed E-state index contributed by atoms with van der Waals surface area (Å²) in [7, 11) is 0. The molecule has 0 bridgehead atoms. The van der Waals surface area contributed by atoms with Gasteiger partial charge in [0.25, 0.3) is 5.91 Å². The van der Waals surface area contributed by atoms with Gasteiger partial charge in [0.15, 0.2) is 16.5 Å². The van der Waals surface area contributed by atoms with Gasteiger partial charge in [0, 0.05) is 11.9 Å². The smallest absolute Gasteiger partial charge is 0.290 e. The molecule has 0 radical (unpaired) electrons. The number of hydrogen-bond donors (Lipinski definition) is 3. The number of fused-ring (bicyclic) bond motifs is 5. The molecule has 0 aliphatic carbocycles. The number of thiocarbonyl (C=S) groups is 1. The third-order valence-electron chi connectivity index (χ3n) is 3.95. The van der Waals surface area contributed by atoms with Crippen molar-refractivity contribution >= 4 is 45.6 Å². The summed E-state index contributed by atoms with van der Waals surface area (Å²) >= 11 is 5.05. The van der Waals surface area contributed by atoms with Crippen LogP contribution in [0.5, 0.6) is 0 Å². The maximum atomic E-state index is 12.6. The van der Waals surface area contributed by atoms with Gasteiger partial charge in [-0.25, -0.2) is 9.97 Å². The van der Waals surface area contributed by atoms with Gasteiger partial charge in [-0.1, -0.05) is 12.1 Å². The van der Waals surface area contributed by atoms with Gasteiger partial charge in [0.05, 0.1) is 11.2 Å². The number of benzene rings is 1. The molecule has 1 amide bonds. The van der Waals surface area contributed by atoms with Gasteiger partial charge < -0.3 is 5.32 Å². The number of imidazole rings is 1. The summed E-state index contributed by atoms with van der Waals surface area (Å²) in [5, 5.41) is 8.71. The number of nitrogens with zero attached hydrogens (tertiary/aromatic N) is 5. The molecule has 4 rings (SSSR count). The molecule has 0 atom stereocenters. The Morgan fingerprint density at radius 3 is 2.88 bits per heavy atom. The van der Waals surface area contributed by atoms with E-state index in [0.29, 0.717) is 34.5 Å². The van der Waals surface area contributed by atoms with Gasteiger partial charge in [0.2, 0.25) is 5.78 Å². The van der Waals surface area contributed by atoms with Crippen molar-refractivity contribution in [1.82, 2.24) is 40.2 Å². The van der Waals surface area contributed by atoms with E-state index in [1.807, 2.05) is 31.2 Å². The summed E-state index contributed by atoms with van der Waals surface area (Å²) in [4.78, 5) is 21.5. The molecule has 0 saturated heterocycles. The van der Waals surface area contributed by atoms with Crippen LogP contribution in [0.15, 0.2) is 30.6 Å². The van der Waals surface area contributed by atoms with Crippen molar-refractivity contribution < 1.29 is 4.79 Å². The summed E-state index contributed by atoms with van der Waals surface area (Å²) in [5.74, 6) is 0.145. The summed E-state index contributed by atoms with van der Waals surface area (Å²) in [5.41, 5.74) is 7.63. The fourth-order valence-corrected chi connectivity index (χ4v) is 3.01. The lowest BCUT2D eigenvalue weighted by molar-refractivity contribution is 0.0936. The Balaban J connectivity index is 1.80. The SMILES string of the molecule is CCNC(=S)NNC(=O)c1c(C)nc2n1nc1c3ccccc3ncn12. The molecule has 3 N–H and O–H groups in total. The van der Waals surface area contributed by atoms with Gasteiger partial charge in [-0.15, -0.1) is 5.10 Å². The maximum absolute atomic E-state index is 12.6. The highest BCUT2D eigenvalue weighted by atomic mass is 32.1. The summed E-state index contributed by atoms with van der Waals surface area (Å²) in [6.07, 6.45) is 1.66. The quantitative estimate of drug-likeness (QED) is 0.358. The highest BCUT2D eigenvalue weighted by molar-refractivity contribution is 7.80. The Morgan fingerprint density at radius 1 is 1.27 bits per heavy atom. The first-order valence-corrected chi connectivity index (χ1v) is 8.46. The van der Waals surface area contributed by atoms with Crippen LogP contribution in [-0.2, 0) is 0 Å². The second-order valence-corrected chi connectivity index (χ2v) is 6.06. The number of aromatic nitrogens is 5. The minimum atomic E-state index is -0.379. The van der Waals surface area contributed by atoms with Crippen LogP contribution in [0.4, 0.5) is 0 Å². The molecule has 0 aliphatic heterocycles. The first kappa shape index (κ1) is 16.2. The average Bonchev–Trinajstić information content (AvgIpc) is 3.14. The molecule has 26 heavy (non-hydrogen) atoms.